The van der Waals surface area contributed by atoms with Gasteiger partial charge in [-0.15, -0.1) is 0 Å². The van der Waals surface area contributed by atoms with Gasteiger partial charge in [0.1, 0.15) is 11.6 Å². The molecule has 0 saturated carbocycles. The maximum atomic E-state index is 13.9. The summed E-state index contributed by atoms with van der Waals surface area (Å²) in [5.74, 6) is 0.320. The highest BCUT2D eigenvalue weighted by Gasteiger charge is 2.35. The molecule has 50 heavy (non-hydrogen) atoms. The molecule has 0 saturated heterocycles. The van der Waals surface area contributed by atoms with Gasteiger partial charge < -0.3 is 14.7 Å². The van der Waals surface area contributed by atoms with Gasteiger partial charge in [-0.3, -0.25) is 9.52 Å². The van der Waals surface area contributed by atoms with E-state index in [2.05, 4.69) is 42.6 Å². The number of fused-ring (bicyclic) bond motifs is 6. The molecule has 2 aromatic carbocycles. The normalized spacial score (nSPS) is 16.4. The molecule has 2 N–H and O–H groups in total. The molecule has 0 amide bonds. The number of nitrogens with one attached hydrogen (secondary N) is 1. The van der Waals surface area contributed by atoms with Gasteiger partial charge in [0.05, 0.1) is 22.6 Å². The van der Waals surface area contributed by atoms with E-state index in [1.54, 1.807) is 19.1 Å². The number of nitrogens with zero attached hydrogens (tertiary/aromatic N) is 3. The molecule has 1 unspecified atom stereocenters. The molecule has 11 heteroatoms. The van der Waals surface area contributed by atoms with Crippen LogP contribution >= 0.6 is 11.3 Å². The molecule has 9 nitrogen and oxygen atoms in total. The molecule has 2 aromatic heterocycles. The monoisotopic (exact) mass is 718 g/mol. The van der Waals surface area contributed by atoms with Crippen molar-refractivity contribution >= 4 is 38.3 Å². The molecule has 0 fully saturated rings. The minimum absolute atomic E-state index is 0.148. The van der Waals surface area contributed by atoms with Crippen LogP contribution in [0.4, 0.5) is 10.9 Å². The molecule has 1 aliphatic rings. The number of thiazole rings is 1. The summed E-state index contributed by atoms with van der Waals surface area (Å²) in [6, 6.07) is 21.0. The molecule has 5 rings (SSSR count). The molecule has 1 atom stereocenters. The Balaban J connectivity index is 1.56. The number of carboxylic acids is 1. The van der Waals surface area contributed by atoms with Crippen LogP contribution in [0.5, 0.6) is 5.75 Å². The minimum Gasteiger partial charge on any atom is -0.494 e. The second-order valence-corrected chi connectivity index (χ2v) is 17.3. The number of carbonyl (C=O) groups is 1. The lowest BCUT2D eigenvalue weighted by atomic mass is 9.85. The van der Waals surface area contributed by atoms with Crippen molar-refractivity contribution in [3.63, 3.8) is 0 Å². The number of rotatable bonds is 9. The first-order valence-electron chi connectivity index (χ1n) is 17.6. The van der Waals surface area contributed by atoms with Crippen molar-refractivity contribution in [2.24, 2.45) is 10.8 Å². The lowest BCUT2D eigenvalue weighted by Gasteiger charge is -2.33. The standard InChI is InChI=1S/C39H50N4O5S2/c1-6-22-39(5,36(44)45)27-43-24-12-8-7-9-15-28-16-10-11-19-31(28)34-35(29-17-13-18-30(26-29)48-25-23-38(2,3)4)49-37(41-34)42-50(46,47)33-21-14-20-32(43)40-33/h10-11,13-14,16-21,26H,6-9,12,15,22-25,27H2,1-5H3,(H,41,42)(H,44,45). The number of ether oxygens (including phenoxy) is 1. The van der Waals surface area contributed by atoms with Gasteiger partial charge in [-0.2, -0.15) is 8.42 Å². The second kappa shape index (κ2) is 15.9. The second-order valence-electron chi connectivity index (χ2n) is 14.7. The fraction of sp³-hybridized carbons (Fsp3) is 0.462. The molecule has 0 radical (unpaired) electrons. The first-order valence-corrected chi connectivity index (χ1v) is 19.9. The summed E-state index contributed by atoms with van der Waals surface area (Å²) in [5.41, 5.74) is 2.89. The zero-order valence-electron chi connectivity index (χ0n) is 29.9. The Bertz CT molecular complexity index is 1880. The number of aryl methyl sites for hydroxylation is 1. The van der Waals surface area contributed by atoms with E-state index < -0.39 is 21.4 Å². The highest BCUT2D eigenvalue weighted by atomic mass is 32.2. The fourth-order valence-corrected chi connectivity index (χ4v) is 8.46. The van der Waals surface area contributed by atoms with Crippen LogP contribution < -0.4 is 14.4 Å². The van der Waals surface area contributed by atoms with E-state index >= 15 is 0 Å². The lowest BCUT2D eigenvalue weighted by molar-refractivity contribution is -0.147. The Morgan fingerprint density at radius 3 is 2.48 bits per heavy atom. The third-order valence-corrected chi connectivity index (χ3v) is 11.5. The third kappa shape index (κ3) is 9.42. The first kappa shape index (κ1) is 37.3. The van der Waals surface area contributed by atoms with Crippen molar-refractivity contribution in [3.8, 4) is 27.4 Å². The summed E-state index contributed by atoms with van der Waals surface area (Å²) in [5, 5.41) is 10.2. The van der Waals surface area contributed by atoms with Gasteiger partial charge in [0.2, 0.25) is 0 Å². The van der Waals surface area contributed by atoms with Crippen LogP contribution in [0.3, 0.4) is 0 Å². The molecule has 0 aliphatic carbocycles. The van der Waals surface area contributed by atoms with Crippen molar-refractivity contribution in [1.82, 2.24) is 9.97 Å². The quantitative estimate of drug-likeness (QED) is 0.176. The predicted octanol–water partition coefficient (Wildman–Crippen LogP) is 9.30. The summed E-state index contributed by atoms with van der Waals surface area (Å²) in [7, 11) is -4.15. The van der Waals surface area contributed by atoms with Crippen LogP contribution in [0, 0.1) is 10.8 Å². The zero-order valence-corrected chi connectivity index (χ0v) is 31.5. The largest absolute Gasteiger partial charge is 0.494 e. The van der Waals surface area contributed by atoms with Gasteiger partial charge in [0.15, 0.2) is 10.2 Å². The van der Waals surface area contributed by atoms with E-state index in [-0.39, 0.29) is 22.1 Å². The average Bonchev–Trinajstić information content (AvgIpc) is 3.48. The maximum Gasteiger partial charge on any atom is 0.311 e. The Morgan fingerprint density at radius 1 is 0.960 bits per heavy atom. The fourth-order valence-electron chi connectivity index (χ4n) is 6.28. The van der Waals surface area contributed by atoms with E-state index in [0.29, 0.717) is 25.4 Å². The van der Waals surface area contributed by atoms with Gasteiger partial charge >= 0.3 is 5.97 Å². The van der Waals surface area contributed by atoms with Crippen LogP contribution in [0.2, 0.25) is 0 Å². The van der Waals surface area contributed by atoms with E-state index in [1.165, 1.54) is 17.4 Å². The zero-order chi connectivity index (χ0) is 35.9. The molecule has 4 aromatic rings. The number of carboxylic acid groups (broad SMARTS) is 1. The van der Waals surface area contributed by atoms with Gasteiger partial charge in [-0.1, -0.05) is 101 Å². The van der Waals surface area contributed by atoms with E-state index in [1.807, 2.05) is 48.2 Å². The minimum atomic E-state index is -4.15. The van der Waals surface area contributed by atoms with Crippen molar-refractivity contribution in [1.29, 1.82) is 0 Å². The van der Waals surface area contributed by atoms with Crippen LogP contribution in [0.25, 0.3) is 21.7 Å². The molecule has 0 spiro atoms. The van der Waals surface area contributed by atoms with Gasteiger partial charge in [0.25, 0.3) is 10.0 Å². The summed E-state index contributed by atoms with van der Waals surface area (Å²) in [6.45, 7) is 11.7. The highest BCUT2D eigenvalue weighted by molar-refractivity contribution is 7.92. The number of hydrogen-bond acceptors (Lipinski definition) is 8. The number of benzene rings is 2. The van der Waals surface area contributed by atoms with Gasteiger partial charge in [0, 0.05) is 18.7 Å². The average molecular weight is 719 g/mol. The molecule has 4 bridgehead atoms. The highest BCUT2D eigenvalue weighted by Crippen LogP contribution is 2.42. The number of aromatic nitrogens is 2. The maximum absolute atomic E-state index is 13.9. The molecular formula is C39H50N4O5S2. The lowest BCUT2D eigenvalue weighted by Crippen LogP contribution is -2.42. The summed E-state index contributed by atoms with van der Waals surface area (Å²) in [6.07, 6.45) is 6.73. The number of anilines is 2. The summed E-state index contributed by atoms with van der Waals surface area (Å²) in [4.78, 5) is 24.7. The number of pyridine rings is 1. The Kier molecular flexibility index (Phi) is 11.9. The van der Waals surface area contributed by atoms with Crippen molar-refractivity contribution in [2.75, 3.05) is 29.3 Å². The smallest absolute Gasteiger partial charge is 0.311 e. The number of aliphatic carboxylic acids is 1. The van der Waals surface area contributed by atoms with Crippen molar-refractivity contribution < 1.29 is 23.1 Å². The van der Waals surface area contributed by atoms with Crippen LogP contribution in [-0.2, 0) is 21.2 Å². The van der Waals surface area contributed by atoms with E-state index in [9.17, 15) is 18.3 Å². The summed E-state index contributed by atoms with van der Waals surface area (Å²) < 4.78 is 36.7. The van der Waals surface area contributed by atoms with Crippen LogP contribution in [0.15, 0.2) is 71.8 Å². The number of sulfonamides is 1. The Hall–Kier alpha value is -3.96. The summed E-state index contributed by atoms with van der Waals surface area (Å²) >= 11 is 1.28. The third-order valence-electron chi connectivity index (χ3n) is 9.13. The van der Waals surface area contributed by atoms with Gasteiger partial charge in [-0.25, -0.2) is 9.97 Å². The molecular weight excluding hydrogens is 669 g/mol. The first-order chi connectivity index (χ1) is 23.8. The van der Waals surface area contributed by atoms with E-state index in [0.717, 1.165) is 78.0 Å². The Morgan fingerprint density at radius 2 is 1.72 bits per heavy atom. The predicted molar refractivity (Wildman–Crippen MR) is 203 cm³/mol. The molecule has 1 aliphatic heterocycles. The van der Waals surface area contributed by atoms with Crippen molar-refractivity contribution in [2.45, 2.75) is 91.0 Å². The SMILES string of the molecule is CCCC(C)(CN1CCCCCCc2ccccc2-c2nc(sc2-c2cccc(OCCC(C)(C)C)c2)NS(=O)(=O)c2cccc1n2)C(=O)O. The molecule has 268 valence electrons. The topological polar surface area (TPSA) is 122 Å². The van der Waals surface area contributed by atoms with Crippen LogP contribution in [0.1, 0.15) is 85.1 Å². The van der Waals surface area contributed by atoms with E-state index in [4.69, 9.17) is 9.72 Å². The Labute approximate surface area is 301 Å². The van der Waals surface area contributed by atoms with Crippen molar-refractivity contribution in [3.05, 3.63) is 72.3 Å². The number of hydrogen-bond donors (Lipinski definition) is 2. The van der Waals surface area contributed by atoms with Gasteiger partial charge in [-0.05, 0) is 79.8 Å². The van der Waals surface area contributed by atoms with Crippen LogP contribution in [-0.4, -0.2) is 49.2 Å². The molecule has 3 heterocycles.